The molecule has 174 valence electrons. The van der Waals surface area contributed by atoms with Crippen molar-refractivity contribution in [2.24, 2.45) is 0 Å². The lowest BCUT2D eigenvalue weighted by molar-refractivity contribution is 0.0815. The Labute approximate surface area is 194 Å². The van der Waals surface area contributed by atoms with Gasteiger partial charge in [0.2, 0.25) is 5.95 Å². The molecule has 1 saturated heterocycles. The third kappa shape index (κ3) is 4.18. The lowest BCUT2D eigenvalue weighted by atomic mass is 10.2. The maximum absolute atomic E-state index is 13.0. The Hall–Kier alpha value is -3.04. The summed E-state index contributed by atoms with van der Waals surface area (Å²) in [6.07, 6.45) is 8.12. The third-order valence-corrected chi connectivity index (χ3v) is 6.56. The Morgan fingerprint density at radius 1 is 1.18 bits per heavy atom. The summed E-state index contributed by atoms with van der Waals surface area (Å²) in [5, 5.41) is 8.66. The first-order valence-corrected chi connectivity index (χ1v) is 11.8. The van der Waals surface area contributed by atoms with Gasteiger partial charge in [-0.2, -0.15) is 4.98 Å². The number of pyridine rings is 1. The van der Waals surface area contributed by atoms with Crippen molar-refractivity contribution in [3.8, 4) is 0 Å². The van der Waals surface area contributed by atoms with Gasteiger partial charge in [0.1, 0.15) is 17.2 Å². The molecule has 1 aliphatic heterocycles. The van der Waals surface area contributed by atoms with Gasteiger partial charge in [0.05, 0.1) is 0 Å². The third-order valence-electron chi connectivity index (χ3n) is 6.56. The van der Waals surface area contributed by atoms with E-state index < -0.39 is 0 Å². The van der Waals surface area contributed by atoms with E-state index in [-0.39, 0.29) is 11.9 Å². The normalized spacial score (nSPS) is 19.8. The number of aromatic nitrogens is 4. The molecular formula is C24H32N8O. The summed E-state index contributed by atoms with van der Waals surface area (Å²) in [5.41, 5.74) is 1.51. The fourth-order valence-corrected chi connectivity index (χ4v) is 4.97. The number of amides is 1. The minimum Gasteiger partial charge on any atom is -0.343 e. The summed E-state index contributed by atoms with van der Waals surface area (Å²) in [4.78, 5) is 29.1. The highest BCUT2D eigenvalue weighted by Gasteiger charge is 2.29. The van der Waals surface area contributed by atoms with E-state index in [9.17, 15) is 4.79 Å². The molecule has 0 spiro atoms. The highest BCUT2D eigenvalue weighted by molar-refractivity contribution is 5.97. The van der Waals surface area contributed by atoms with Crippen LogP contribution < -0.4 is 10.3 Å². The van der Waals surface area contributed by atoms with Crippen LogP contribution in [-0.4, -0.2) is 75.1 Å². The molecule has 1 amide bonds. The van der Waals surface area contributed by atoms with Crippen LogP contribution in [0.2, 0.25) is 0 Å². The van der Waals surface area contributed by atoms with Crippen molar-refractivity contribution in [1.29, 1.82) is 0 Å². The molecular weight excluding hydrogens is 416 g/mol. The average molecular weight is 449 g/mol. The highest BCUT2D eigenvalue weighted by atomic mass is 16.2. The molecule has 5 rings (SSSR count). The maximum atomic E-state index is 13.0. The topological polar surface area (TPSA) is 82.4 Å². The quantitative estimate of drug-likeness (QED) is 0.642. The first kappa shape index (κ1) is 21.8. The number of carbonyl (C=O) groups excluding carboxylic acids is 1. The Kier molecular flexibility index (Phi) is 5.99. The second-order valence-electron chi connectivity index (χ2n) is 9.25. The van der Waals surface area contributed by atoms with Crippen LogP contribution in [0, 0.1) is 0 Å². The molecule has 3 aromatic rings. The fourth-order valence-electron chi connectivity index (χ4n) is 4.97. The predicted molar refractivity (Wildman–Crippen MR) is 128 cm³/mol. The van der Waals surface area contributed by atoms with Crippen LogP contribution in [0.25, 0.3) is 11.0 Å². The predicted octanol–water partition coefficient (Wildman–Crippen LogP) is 2.99. The number of anilines is 2. The van der Waals surface area contributed by atoms with Crippen LogP contribution in [0.1, 0.15) is 49.1 Å². The number of hydrogen-bond acceptors (Lipinski definition) is 7. The fraction of sp³-hybridized carbons (Fsp3) is 0.500. The summed E-state index contributed by atoms with van der Waals surface area (Å²) in [5.74, 6) is 1.37. The van der Waals surface area contributed by atoms with Crippen molar-refractivity contribution >= 4 is 28.7 Å². The molecule has 4 heterocycles. The van der Waals surface area contributed by atoms with E-state index in [0.29, 0.717) is 17.7 Å². The molecule has 1 atom stereocenters. The smallest absolute Gasteiger partial charge is 0.270 e. The van der Waals surface area contributed by atoms with E-state index in [1.54, 1.807) is 25.2 Å². The first-order valence-electron chi connectivity index (χ1n) is 11.8. The zero-order chi connectivity index (χ0) is 22.9. The minimum absolute atomic E-state index is 0.000961. The molecule has 9 nitrogen and oxygen atoms in total. The van der Waals surface area contributed by atoms with Crippen molar-refractivity contribution < 1.29 is 4.79 Å². The summed E-state index contributed by atoms with van der Waals surface area (Å²) < 4.78 is 2.16. The van der Waals surface area contributed by atoms with Gasteiger partial charge in [-0.1, -0.05) is 18.9 Å². The monoisotopic (exact) mass is 448 g/mol. The number of nitrogens with zero attached hydrogens (tertiary/aromatic N) is 7. The van der Waals surface area contributed by atoms with Gasteiger partial charge in [0, 0.05) is 63.6 Å². The molecule has 3 aromatic heterocycles. The van der Waals surface area contributed by atoms with Crippen LogP contribution >= 0.6 is 0 Å². The number of carbonyl (C=O) groups is 1. The Balaban J connectivity index is 1.64. The average Bonchev–Trinajstić information content (AvgIpc) is 3.47. The Morgan fingerprint density at radius 2 is 2.00 bits per heavy atom. The lowest BCUT2D eigenvalue weighted by Crippen LogP contribution is -2.55. The maximum Gasteiger partial charge on any atom is 0.270 e. The molecule has 2 aliphatic rings. The number of hydrogen-bond donors (Lipinski definition) is 1. The van der Waals surface area contributed by atoms with Crippen LogP contribution in [-0.2, 0) is 0 Å². The number of nitrogens with one attached hydrogen (secondary N) is 1. The second-order valence-corrected chi connectivity index (χ2v) is 9.25. The molecule has 33 heavy (non-hydrogen) atoms. The molecule has 2 fully saturated rings. The summed E-state index contributed by atoms with van der Waals surface area (Å²) in [6, 6.07) is 8.45. The zero-order valence-electron chi connectivity index (χ0n) is 19.6. The van der Waals surface area contributed by atoms with E-state index in [2.05, 4.69) is 26.8 Å². The van der Waals surface area contributed by atoms with Gasteiger partial charge in [0.15, 0.2) is 0 Å². The zero-order valence-corrected chi connectivity index (χ0v) is 19.6. The standard InChI is InChI=1S/C24H32N8O/c1-17-16-30(13-12-25-17)32(21-10-6-7-11-26-21)24-27-15-18-14-20(23(33)29(2)3)31(22(18)28-24)19-8-4-5-9-19/h6-7,10-11,14-15,17,19,25H,4-5,8-9,12-13,16H2,1-3H3/t17-/m1/s1. The second kappa shape index (κ2) is 9.07. The van der Waals surface area contributed by atoms with Crippen LogP contribution in [0.15, 0.2) is 36.7 Å². The number of rotatable bonds is 5. The Morgan fingerprint density at radius 3 is 2.70 bits per heavy atom. The van der Waals surface area contributed by atoms with Crippen molar-refractivity contribution in [3.05, 3.63) is 42.4 Å². The van der Waals surface area contributed by atoms with Gasteiger partial charge < -0.3 is 14.8 Å². The first-order chi connectivity index (χ1) is 16.0. The summed E-state index contributed by atoms with van der Waals surface area (Å²) in [7, 11) is 3.59. The number of piperazine rings is 1. The van der Waals surface area contributed by atoms with Gasteiger partial charge in [-0.3, -0.25) is 4.79 Å². The van der Waals surface area contributed by atoms with E-state index in [1.165, 1.54) is 12.8 Å². The summed E-state index contributed by atoms with van der Waals surface area (Å²) in [6.45, 7) is 4.71. The van der Waals surface area contributed by atoms with E-state index >= 15 is 0 Å². The SMILES string of the molecule is C[C@@H]1CN(N(c2ccccn2)c2ncc3cc(C(=O)N(C)C)n(C4CCCC4)c3n2)CCN1. The van der Waals surface area contributed by atoms with Crippen molar-refractivity contribution in [3.63, 3.8) is 0 Å². The minimum atomic E-state index is -0.000961. The molecule has 1 aliphatic carbocycles. The number of fused-ring (bicyclic) bond motifs is 1. The molecule has 0 bridgehead atoms. The molecule has 1 saturated carbocycles. The van der Waals surface area contributed by atoms with Crippen molar-refractivity contribution in [2.45, 2.75) is 44.7 Å². The summed E-state index contributed by atoms with van der Waals surface area (Å²) >= 11 is 0. The van der Waals surface area contributed by atoms with Crippen LogP contribution in [0.5, 0.6) is 0 Å². The van der Waals surface area contributed by atoms with Crippen molar-refractivity contribution in [2.75, 3.05) is 38.7 Å². The molecule has 0 unspecified atom stereocenters. The van der Waals surface area contributed by atoms with E-state index in [4.69, 9.17) is 9.97 Å². The molecule has 0 radical (unpaired) electrons. The lowest BCUT2D eigenvalue weighted by Gasteiger charge is -2.39. The molecule has 1 N–H and O–H groups in total. The van der Waals surface area contributed by atoms with E-state index in [1.807, 2.05) is 35.5 Å². The van der Waals surface area contributed by atoms with E-state index in [0.717, 1.165) is 49.3 Å². The molecule has 9 heteroatoms. The van der Waals surface area contributed by atoms with Crippen molar-refractivity contribution in [1.82, 2.24) is 34.7 Å². The van der Waals surface area contributed by atoms with Gasteiger partial charge in [0.25, 0.3) is 5.91 Å². The van der Waals surface area contributed by atoms with Crippen LogP contribution in [0.4, 0.5) is 11.8 Å². The Bertz CT molecular complexity index is 1120. The largest absolute Gasteiger partial charge is 0.343 e. The van der Waals surface area contributed by atoms with Gasteiger partial charge in [-0.25, -0.2) is 20.0 Å². The highest BCUT2D eigenvalue weighted by Crippen LogP contribution is 2.35. The van der Waals surface area contributed by atoms with Gasteiger partial charge >= 0.3 is 0 Å². The van der Waals surface area contributed by atoms with Crippen LogP contribution in [0.3, 0.4) is 0 Å². The number of hydrazine groups is 1. The van der Waals surface area contributed by atoms with Gasteiger partial charge in [-0.05, 0) is 38.0 Å². The molecule has 0 aromatic carbocycles. The van der Waals surface area contributed by atoms with Gasteiger partial charge in [-0.15, -0.1) is 0 Å².